The van der Waals surface area contributed by atoms with Crippen LogP contribution in [0.5, 0.6) is 0 Å². The Kier molecular flexibility index (Phi) is 2.74. The molecule has 1 fully saturated rings. The second-order valence-corrected chi connectivity index (χ2v) is 3.40. The van der Waals surface area contributed by atoms with Crippen LogP contribution in [0, 0.1) is 5.92 Å². The highest BCUT2D eigenvalue weighted by Crippen LogP contribution is 2.39. The molecular weight excluding hydrogens is 146 g/mol. The summed E-state index contributed by atoms with van der Waals surface area (Å²) < 4.78 is 0. The van der Waals surface area contributed by atoms with E-state index >= 15 is 0 Å². The van der Waals surface area contributed by atoms with Gasteiger partial charge in [0.05, 0.1) is 0 Å². The van der Waals surface area contributed by atoms with Crippen LogP contribution in [0.15, 0.2) is 36.2 Å². The van der Waals surface area contributed by atoms with Gasteiger partial charge in [0.2, 0.25) is 0 Å². The summed E-state index contributed by atoms with van der Waals surface area (Å²) in [5.41, 5.74) is 3.75. The van der Waals surface area contributed by atoms with Crippen LogP contribution < -0.4 is 5.32 Å². The molecule has 1 saturated carbocycles. The Morgan fingerprint density at radius 1 is 1.42 bits per heavy atom. The third-order valence-corrected chi connectivity index (χ3v) is 2.43. The molecule has 0 aliphatic heterocycles. The summed E-state index contributed by atoms with van der Waals surface area (Å²) in [6.07, 6.45) is 4.34. The Bertz CT molecular complexity index is 231. The van der Waals surface area contributed by atoms with E-state index in [2.05, 4.69) is 32.3 Å². The lowest BCUT2D eigenvalue weighted by atomic mass is 10.0. The third-order valence-electron chi connectivity index (χ3n) is 2.43. The largest absolute Gasteiger partial charge is 0.366 e. The van der Waals surface area contributed by atoms with E-state index in [0.717, 1.165) is 5.92 Å². The second-order valence-electron chi connectivity index (χ2n) is 3.40. The fraction of sp³-hybridized carbons (Fsp3) is 0.455. The average Bonchev–Trinajstić information content (AvgIpc) is 2.84. The van der Waals surface area contributed by atoms with Crippen LogP contribution in [0.1, 0.15) is 26.7 Å². The molecule has 0 aromatic heterocycles. The minimum atomic E-state index is 0.756. The van der Waals surface area contributed by atoms with Crippen molar-refractivity contribution in [2.24, 2.45) is 5.92 Å². The summed E-state index contributed by atoms with van der Waals surface area (Å²) in [6.45, 7) is 11.9. The summed E-state index contributed by atoms with van der Waals surface area (Å²) in [5, 5.41) is 3.09. The molecule has 0 atom stereocenters. The van der Waals surface area contributed by atoms with Crippen molar-refractivity contribution >= 4 is 0 Å². The van der Waals surface area contributed by atoms with Crippen molar-refractivity contribution in [3.8, 4) is 0 Å². The maximum Gasteiger partial charge on any atom is 0.0147 e. The first kappa shape index (κ1) is 9.11. The van der Waals surface area contributed by atoms with E-state index in [-0.39, 0.29) is 0 Å². The minimum Gasteiger partial charge on any atom is -0.366 e. The molecule has 1 N–H and O–H groups in total. The van der Waals surface area contributed by atoms with Gasteiger partial charge in [0.1, 0.15) is 0 Å². The maximum absolute atomic E-state index is 4.09. The molecule has 0 aromatic carbocycles. The van der Waals surface area contributed by atoms with Crippen molar-refractivity contribution < 1.29 is 0 Å². The Balaban J connectivity index is 2.64. The summed E-state index contributed by atoms with van der Waals surface area (Å²) in [5.74, 6) is 0.756. The zero-order chi connectivity index (χ0) is 9.14. The minimum absolute atomic E-state index is 0.756. The summed E-state index contributed by atoms with van der Waals surface area (Å²) >= 11 is 0. The van der Waals surface area contributed by atoms with Gasteiger partial charge in [-0.3, -0.25) is 0 Å². The predicted octanol–water partition coefficient (Wildman–Crippen LogP) is 2.98. The highest BCUT2D eigenvalue weighted by molar-refractivity contribution is 5.34. The van der Waals surface area contributed by atoms with Gasteiger partial charge in [0, 0.05) is 5.70 Å². The molecule has 0 unspecified atom stereocenters. The fourth-order valence-corrected chi connectivity index (χ4v) is 1.24. The van der Waals surface area contributed by atoms with E-state index < -0.39 is 0 Å². The van der Waals surface area contributed by atoms with Crippen molar-refractivity contribution in [1.29, 1.82) is 0 Å². The van der Waals surface area contributed by atoms with E-state index in [0.29, 0.717) is 0 Å². The van der Waals surface area contributed by atoms with Gasteiger partial charge in [-0.25, -0.2) is 0 Å². The summed E-state index contributed by atoms with van der Waals surface area (Å²) in [7, 11) is 0. The van der Waals surface area contributed by atoms with E-state index in [1.165, 1.54) is 29.7 Å². The van der Waals surface area contributed by atoms with Crippen molar-refractivity contribution in [2.75, 3.05) is 0 Å². The number of hydrogen-bond donors (Lipinski definition) is 1. The molecule has 0 aromatic rings. The van der Waals surface area contributed by atoms with Gasteiger partial charge >= 0.3 is 0 Å². The zero-order valence-electron chi connectivity index (χ0n) is 7.98. The highest BCUT2D eigenvalue weighted by atomic mass is 14.8. The van der Waals surface area contributed by atoms with Gasteiger partial charge in [0.25, 0.3) is 0 Å². The number of rotatable bonds is 4. The SMILES string of the molecule is C=CN/C(C)=C(\C)C(=C)C1CC1. The molecule has 66 valence electrons. The first-order valence-electron chi connectivity index (χ1n) is 4.41. The van der Waals surface area contributed by atoms with E-state index in [4.69, 9.17) is 0 Å². The topological polar surface area (TPSA) is 12.0 Å². The van der Waals surface area contributed by atoms with Gasteiger partial charge in [0.15, 0.2) is 0 Å². The van der Waals surface area contributed by atoms with Crippen molar-refractivity contribution in [2.45, 2.75) is 26.7 Å². The molecule has 0 heterocycles. The lowest BCUT2D eigenvalue weighted by Gasteiger charge is -2.09. The molecule has 0 radical (unpaired) electrons. The maximum atomic E-state index is 4.09. The first-order valence-corrected chi connectivity index (χ1v) is 4.41. The van der Waals surface area contributed by atoms with Crippen molar-refractivity contribution in [3.63, 3.8) is 0 Å². The zero-order valence-corrected chi connectivity index (χ0v) is 7.98. The highest BCUT2D eigenvalue weighted by Gasteiger charge is 2.25. The van der Waals surface area contributed by atoms with Crippen LogP contribution in [-0.4, -0.2) is 0 Å². The molecule has 0 amide bonds. The summed E-state index contributed by atoms with van der Waals surface area (Å²) in [6, 6.07) is 0. The van der Waals surface area contributed by atoms with Gasteiger partial charge in [-0.2, -0.15) is 0 Å². The molecule has 1 aliphatic rings. The quantitative estimate of drug-likeness (QED) is 0.628. The molecule has 0 bridgehead atoms. The molecule has 1 aliphatic carbocycles. The van der Waals surface area contributed by atoms with Crippen LogP contribution >= 0.6 is 0 Å². The molecule has 1 heteroatoms. The van der Waals surface area contributed by atoms with Crippen LogP contribution in [-0.2, 0) is 0 Å². The molecule has 0 saturated heterocycles. The van der Waals surface area contributed by atoms with Gasteiger partial charge in [-0.1, -0.05) is 13.2 Å². The number of nitrogens with one attached hydrogen (secondary N) is 1. The van der Waals surface area contributed by atoms with Crippen LogP contribution in [0.25, 0.3) is 0 Å². The lowest BCUT2D eigenvalue weighted by molar-refractivity contribution is 0.962. The molecule has 0 spiro atoms. The van der Waals surface area contributed by atoms with Crippen LogP contribution in [0.4, 0.5) is 0 Å². The van der Waals surface area contributed by atoms with Crippen LogP contribution in [0.3, 0.4) is 0 Å². The average molecular weight is 163 g/mol. The van der Waals surface area contributed by atoms with E-state index in [1.807, 2.05) is 0 Å². The number of allylic oxidation sites excluding steroid dienone is 3. The van der Waals surface area contributed by atoms with E-state index in [9.17, 15) is 0 Å². The fourth-order valence-electron chi connectivity index (χ4n) is 1.24. The first-order chi connectivity index (χ1) is 5.66. The number of hydrogen-bond acceptors (Lipinski definition) is 1. The predicted molar refractivity (Wildman–Crippen MR) is 53.6 cm³/mol. The van der Waals surface area contributed by atoms with Crippen molar-refractivity contribution in [3.05, 3.63) is 36.2 Å². The normalized spacial score (nSPS) is 18.2. The molecule has 1 rings (SSSR count). The van der Waals surface area contributed by atoms with Crippen LogP contribution in [0.2, 0.25) is 0 Å². The van der Waals surface area contributed by atoms with Gasteiger partial charge in [-0.05, 0) is 50.0 Å². The lowest BCUT2D eigenvalue weighted by Crippen LogP contribution is -2.04. The monoisotopic (exact) mass is 163 g/mol. The molecule has 12 heavy (non-hydrogen) atoms. The Morgan fingerprint density at radius 3 is 2.42 bits per heavy atom. The summed E-state index contributed by atoms with van der Waals surface area (Å²) in [4.78, 5) is 0. The van der Waals surface area contributed by atoms with Crippen molar-refractivity contribution in [1.82, 2.24) is 5.32 Å². The Hall–Kier alpha value is -0.980. The van der Waals surface area contributed by atoms with E-state index in [1.54, 1.807) is 6.20 Å². The second kappa shape index (κ2) is 3.61. The van der Waals surface area contributed by atoms with Gasteiger partial charge < -0.3 is 5.32 Å². The third kappa shape index (κ3) is 2.00. The smallest absolute Gasteiger partial charge is 0.0147 e. The standard InChI is InChI=1S/C11H17N/c1-5-12-10(4)8(2)9(3)11-6-7-11/h5,11-12H,1,3,6-7H2,2,4H3/b10-8+. The van der Waals surface area contributed by atoms with Gasteiger partial charge in [-0.15, -0.1) is 0 Å². The Labute approximate surface area is 74.9 Å². The molecular formula is C11H17N. The Morgan fingerprint density at radius 2 is 2.00 bits per heavy atom. The molecule has 1 nitrogen and oxygen atoms in total.